The van der Waals surface area contributed by atoms with Crippen molar-refractivity contribution in [3.8, 4) is 11.4 Å². The zero-order chi connectivity index (χ0) is 23.4. The van der Waals surface area contributed by atoms with Crippen molar-refractivity contribution >= 4 is 35.0 Å². The monoisotopic (exact) mass is 468 g/mol. The Hall–Kier alpha value is -3.20. The molecule has 2 amide bonds. The molecule has 33 heavy (non-hydrogen) atoms. The first kappa shape index (κ1) is 23.0. The summed E-state index contributed by atoms with van der Waals surface area (Å²) in [5.41, 5.74) is 3.20. The first-order valence-electron chi connectivity index (χ1n) is 10.7. The molecule has 1 N–H and O–H groups in total. The lowest BCUT2D eigenvalue weighted by Crippen LogP contribution is -2.43. The van der Waals surface area contributed by atoms with Crippen LogP contribution >= 0.6 is 11.8 Å². The van der Waals surface area contributed by atoms with E-state index in [2.05, 4.69) is 15.5 Å². The van der Waals surface area contributed by atoms with Crippen LogP contribution in [0.15, 0.2) is 47.3 Å². The number of halogens is 1. The summed E-state index contributed by atoms with van der Waals surface area (Å²) in [4.78, 5) is 32.0. The van der Waals surface area contributed by atoms with Crippen LogP contribution in [0.4, 0.5) is 15.8 Å². The second-order valence-corrected chi connectivity index (χ2v) is 9.30. The van der Waals surface area contributed by atoms with E-state index in [-0.39, 0.29) is 30.1 Å². The molecule has 1 aliphatic heterocycles. The third kappa shape index (κ3) is 5.42. The van der Waals surface area contributed by atoms with Crippen LogP contribution < -0.4 is 10.2 Å². The smallest absolute Gasteiger partial charge is 0.244 e. The highest BCUT2D eigenvalue weighted by Gasteiger charge is 2.30. The number of carbonyl (C=O) groups excluding carboxylic acids is 2. The SMILES string of the molecule is Cc1cc(F)cc(C)c1N(CC(=O)Nc1ccc(-c2ncon2)cc1)C(=O)C1CCSCC1. The lowest BCUT2D eigenvalue weighted by Gasteiger charge is -2.31. The van der Waals surface area contributed by atoms with Gasteiger partial charge in [-0.2, -0.15) is 16.7 Å². The highest BCUT2D eigenvalue weighted by molar-refractivity contribution is 7.99. The fourth-order valence-corrected chi connectivity index (χ4v) is 5.21. The van der Waals surface area contributed by atoms with Crippen molar-refractivity contribution in [1.29, 1.82) is 0 Å². The van der Waals surface area contributed by atoms with Crippen LogP contribution in [0.3, 0.4) is 0 Å². The van der Waals surface area contributed by atoms with Gasteiger partial charge in [0.15, 0.2) is 0 Å². The first-order chi connectivity index (χ1) is 15.9. The van der Waals surface area contributed by atoms with Crippen LogP contribution in [0, 0.1) is 25.6 Å². The topological polar surface area (TPSA) is 88.3 Å². The average molecular weight is 469 g/mol. The number of aromatic nitrogens is 2. The summed E-state index contributed by atoms with van der Waals surface area (Å²) in [5.74, 6) is 1.38. The van der Waals surface area contributed by atoms with Crippen molar-refractivity contribution in [2.75, 3.05) is 28.3 Å². The number of anilines is 2. The van der Waals surface area contributed by atoms with E-state index in [1.807, 2.05) is 11.8 Å². The van der Waals surface area contributed by atoms with Gasteiger partial charge in [-0.1, -0.05) is 5.16 Å². The number of thioether (sulfide) groups is 1. The quantitative estimate of drug-likeness (QED) is 0.569. The van der Waals surface area contributed by atoms with Crippen LogP contribution in [-0.4, -0.2) is 40.0 Å². The second-order valence-electron chi connectivity index (χ2n) is 8.08. The molecule has 0 saturated carbocycles. The number of rotatable bonds is 6. The molecule has 2 heterocycles. The number of hydrogen-bond acceptors (Lipinski definition) is 6. The maximum atomic E-state index is 13.9. The Morgan fingerprint density at radius 3 is 2.42 bits per heavy atom. The van der Waals surface area contributed by atoms with Crippen molar-refractivity contribution < 1.29 is 18.5 Å². The molecular formula is C24H25FN4O3S. The van der Waals surface area contributed by atoms with Gasteiger partial charge in [-0.15, -0.1) is 0 Å². The number of aryl methyl sites for hydroxylation is 2. The minimum atomic E-state index is -0.360. The zero-order valence-corrected chi connectivity index (χ0v) is 19.3. The molecule has 0 unspecified atom stereocenters. The lowest BCUT2D eigenvalue weighted by atomic mass is 9.99. The molecule has 0 aliphatic carbocycles. The number of nitrogens with zero attached hydrogens (tertiary/aromatic N) is 3. The van der Waals surface area contributed by atoms with Gasteiger partial charge in [-0.25, -0.2) is 4.39 Å². The van der Waals surface area contributed by atoms with Gasteiger partial charge in [0.1, 0.15) is 12.4 Å². The Morgan fingerprint density at radius 1 is 1.15 bits per heavy atom. The van der Waals surface area contributed by atoms with Gasteiger partial charge in [0.2, 0.25) is 24.0 Å². The summed E-state index contributed by atoms with van der Waals surface area (Å²) < 4.78 is 18.7. The van der Waals surface area contributed by atoms with E-state index in [4.69, 9.17) is 4.52 Å². The predicted octanol–water partition coefficient (Wildman–Crippen LogP) is 4.61. The van der Waals surface area contributed by atoms with Gasteiger partial charge in [0, 0.05) is 17.2 Å². The Morgan fingerprint density at radius 2 is 1.82 bits per heavy atom. The van der Waals surface area contributed by atoms with Gasteiger partial charge in [-0.05, 0) is 85.7 Å². The summed E-state index contributed by atoms with van der Waals surface area (Å²) in [6.07, 6.45) is 2.80. The Labute approximate surface area is 195 Å². The molecule has 172 valence electrons. The minimum Gasteiger partial charge on any atom is -0.342 e. The number of amides is 2. The predicted molar refractivity (Wildman–Crippen MR) is 127 cm³/mol. The van der Waals surface area contributed by atoms with E-state index < -0.39 is 0 Å². The van der Waals surface area contributed by atoms with E-state index in [1.165, 1.54) is 23.4 Å². The van der Waals surface area contributed by atoms with Gasteiger partial charge in [0.25, 0.3) is 0 Å². The maximum Gasteiger partial charge on any atom is 0.244 e. The highest BCUT2D eigenvalue weighted by Crippen LogP contribution is 2.31. The molecule has 2 aromatic carbocycles. The van der Waals surface area contributed by atoms with E-state index in [9.17, 15) is 14.0 Å². The summed E-state index contributed by atoms with van der Waals surface area (Å²) in [7, 11) is 0. The molecule has 7 nitrogen and oxygen atoms in total. The number of nitrogens with one attached hydrogen (secondary N) is 1. The molecule has 1 aliphatic rings. The van der Waals surface area contributed by atoms with Crippen LogP contribution in [0.2, 0.25) is 0 Å². The number of hydrogen-bond donors (Lipinski definition) is 1. The Bertz CT molecular complexity index is 1110. The molecule has 0 bridgehead atoms. The van der Waals surface area contributed by atoms with E-state index >= 15 is 0 Å². The molecule has 0 spiro atoms. The third-order valence-electron chi connectivity index (χ3n) is 5.65. The molecule has 3 aromatic rings. The van der Waals surface area contributed by atoms with E-state index in [1.54, 1.807) is 38.1 Å². The summed E-state index contributed by atoms with van der Waals surface area (Å²) in [6, 6.07) is 9.82. The summed E-state index contributed by atoms with van der Waals surface area (Å²) in [6.45, 7) is 3.37. The largest absolute Gasteiger partial charge is 0.342 e. The van der Waals surface area contributed by atoms with Crippen LogP contribution in [0.25, 0.3) is 11.4 Å². The Balaban J connectivity index is 1.54. The molecule has 9 heteroatoms. The second kappa shape index (κ2) is 10.2. The standard InChI is InChI=1S/C24H25FN4O3S/c1-15-11-19(25)12-16(2)22(15)29(24(31)18-7-9-33-10-8-18)13-21(30)27-20-5-3-17(4-6-20)23-26-14-32-28-23/h3-6,11-12,14,18H,7-10,13H2,1-2H3,(H,27,30). The first-order valence-corrected chi connectivity index (χ1v) is 11.9. The fraction of sp³-hybridized carbons (Fsp3) is 0.333. The molecule has 1 aromatic heterocycles. The van der Waals surface area contributed by atoms with Crippen molar-refractivity contribution in [2.45, 2.75) is 26.7 Å². The molecule has 1 fully saturated rings. The highest BCUT2D eigenvalue weighted by atomic mass is 32.2. The molecular weight excluding hydrogens is 443 g/mol. The molecule has 0 atom stereocenters. The summed E-state index contributed by atoms with van der Waals surface area (Å²) >= 11 is 1.83. The summed E-state index contributed by atoms with van der Waals surface area (Å²) in [5, 5.41) is 6.64. The van der Waals surface area contributed by atoms with Crippen LogP contribution in [0.5, 0.6) is 0 Å². The van der Waals surface area contributed by atoms with E-state index in [0.29, 0.717) is 28.3 Å². The zero-order valence-electron chi connectivity index (χ0n) is 18.5. The average Bonchev–Trinajstić information content (AvgIpc) is 3.33. The van der Waals surface area contributed by atoms with Crippen molar-refractivity contribution in [3.05, 3.63) is 59.7 Å². The maximum absolute atomic E-state index is 13.9. The van der Waals surface area contributed by atoms with Gasteiger partial charge >= 0.3 is 0 Å². The normalized spacial score (nSPS) is 14.2. The number of benzene rings is 2. The van der Waals surface area contributed by atoms with Crippen LogP contribution in [-0.2, 0) is 9.59 Å². The van der Waals surface area contributed by atoms with E-state index in [0.717, 1.165) is 29.9 Å². The van der Waals surface area contributed by atoms with Crippen molar-refractivity contribution in [1.82, 2.24) is 10.1 Å². The fourth-order valence-electron chi connectivity index (χ4n) is 4.11. The van der Waals surface area contributed by atoms with Crippen molar-refractivity contribution in [3.63, 3.8) is 0 Å². The van der Waals surface area contributed by atoms with Gasteiger partial charge in [0.05, 0.1) is 5.69 Å². The van der Waals surface area contributed by atoms with Crippen molar-refractivity contribution in [2.24, 2.45) is 5.92 Å². The third-order valence-corrected chi connectivity index (χ3v) is 6.70. The minimum absolute atomic E-state index is 0.0873. The van der Waals surface area contributed by atoms with Gasteiger partial charge < -0.3 is 14.7 Å². The van der Waals surface area contributed by atoms with Gasteiger partial charge in [-0.3, -0.25) is 9.59 Å². The lowest BCUT2D eigenvalue weighted by molar-refractivity contribution is -0.124. The van der Waals surface area contributed by atoms with Crippen LogP contribution in [0.1, 0.15) is 24.0 Å². The number of carbonyl (C=O) groups is 2. The molecule has 1 saturated heterocycles. The molecule has 4 rings (SSSR count). The Kier molecular flexibility index (Phi) is 7.08. The molecule has 0 radical (unpaired) electrons.